The Balaban J connectivity index is 1.46. The highest BCUT2D eigenvalue weighted by Crippen LogP contribution is 2.11. The zero-order valence-electron chi connectivity index (χ0n) is 14.6. The molecule has 0 atom stereocenters. The molecule has 8 nitrogen and oxygen atoms in total. The normalized spacial score (nSPS) is 14.0. The number of rotatable bonds is 5. The second-order valence-electron chi connectivity index (χ2n) is 5.83. The number of hydrogen-bond acceptors (Lipinski definition) is 6. The molecule has 1 aromatic carbocycles. The van der Waals surface area contributed by atoms with Gasteiger partial charge in [0.1, 0.15) is 5.75 Å². The molecule has 2 heterocycles. The number of benzene rings is 1. The van der Waals surface area contributed by atoms with Crippen molar-refractivity contribution in [3.63, 3.8) is 0 Å². The summed E-state index contributed by atoms with van der Waals surface area (Å²) in [5.41, 5.74) is 0.490. The summed E-state index contributed by atoms with van der Waals surface area (Å²) < 4.78 is 5.06. The van der Waals surface area contributed by atoms with Crippen molar-refractivity contribution in [1.29, 1.82) is 0 Å². The lowest BCUT2D eigenvalue weighted by Gasteiger charge is -2.34. The Bertz CT molecular complexity index is 743. The summed E-state index contributed by atoms with van der Waals surface area (Å²) in [6.45, 7) is 2.47. The molecule has 2 aromatic rings. The van der Waals surface area contributed by atoms with Gasteiger partial charge < -0.3 is 19.9 Å². The summed E-state index contributed by atoms with van der Waals surface area (Å²) in [7, 11) is 1.57. The number of methoxy groups -OCH3 is 1. The predicted octanol–water partition coefficient (Wildman–Crippen LogP) is 0.564. The largest absolute Gasteiger partial charge is 0.497 e. The van der Waals surface area contributed by atoms with E-state index in [1.807, 2.05) is 4.90 Å². The molecule has 26 heavy (non-hydrogen) atoms. The number of nitrogens with one attached hydrogen (secondary N) is 1. The van der Waals surface area contributed by atoms with E-state index in [4.69, 9.17) is 4.74 Å². The molecule has 136 valence electrons. The van der Waals surface area contributed by atoms with Crippen molar-refractivity contribution in [3.05, 3.63) is 48.3 Å². The topological polar surface area (TPSA) is 87.7 Å². The van der Waals surface area contributed by atoms with Gasteiger partial charge in [0.2, 0.25) is 11.9 Å². The minimum Gasteiger partial charge on any atom is -0.497 e. The number of carbonyl (C=O) groups excluding carboxylic acids is 2. The number of amides is 2. The van der Waals surface area contributed by atoms with Crippen molar-refractivity contribution < 1.29 is 14.3 Å². The second kappa shape index (κ2) is 8.28. The Kier molecular flexibility index (Phi) is 5.62. The van der Waals surface area contributed by atoms with E-state index >= 15 is 0 Å². The average molecular weight is 355 g/mol. The van der Waals surface area contributed by atoms with Gasteiger partial charge in [0.15, 0.2) is 0 Å². The van der Waals surface area contributed by atoms with E-state index in [0.29, 0.717) is 43.4 Å². The van der Waals surface area contributed by atoms with Crippen molar-refractivity contribution in [2.45, 2.75) is 0 Å². The lowest BCUT2D eigenvalue weighted by Crippen LogP contribution is -2.51. The number of carbonyl (C=O) groups is 2. The fourth-order valence-corrected chi connectivity index (χ4v) is 2.72. The first kappa shape index (κ1) is 17.7. The third-order valence-corrected chi connectivity index (χ3v) is 4.22. The molecule has 1 fully saturated rings. The Labute approximate surface area is 151 Å². The minimum absolute atomic E-state index is 0.0211. The molecule has 0 unspecified atom stereocenters. The molecule has 1 aliphatic heterocycles. The van der Waals surface area contributed by atoms with Gasteiger partial charge in [-0.2, -0.15) is 0 Å². The summed E-state index contributed by atoms with van der Waals surface area (Å²) in [4.78, 5) is 36.7. The Morgan fingerprint density at radius 3 is 2.35 bits per heavy atom. The molecule has 0 spiro atoms. The van der Waals surface area contributed by atoms with E-state index in [1.54, 1.807) is 54.7 Å². The van der Waals surface area contributed by atoms with E-state index in [0.717, 1.165) is 0 Å². The van der Waals surface area contributed by atoms with Gasteiger partial charge in [-0.05, 0) is 30.3 Å². The van der Waals surface area contributed by atoms with Gasteiger partial charge in [-0.1, -0.05) is 0 Å². The number of piperazine rings is 1. The van der Waals surface area contributed by atoms with Gasteiger partial charge in [-0.15, -0.1) is 0 Å². The quantitative estimate of drug-likeness (QED) is 0.843. The second-order valence-corrected chi connectivity index (χ2v) is 5.83. The summed E-state index contributed by atoms with van der Waals surface area (Å²) in [5, 5.41) is 2.67. The van der Waals surface area contributed by atoms with Crippen LogP contribution in [0.25, 0.3) is 0 Å². The van der Waals surface area contributed by atoms with Crippen LogP contribution in [0.3, 0.4) is 0 Å². The van der Waals surface area contributed by atoms with Crippen molar-refractivity contribution in [3.8, 4) is 5.75 Å². The lowest BCUT2D eigenvalue weighted by molar-refractivity contribution is -0.130. The Morgan fingerprint density at radius 1 is 1.08 bits per heavy atom. The molecule has 8 heteroatoms. The first-order valence-corrected chi connectivity index (χ1v) is 8.39. The molecule has 2 amide bonds. The van der Waals surface area contributed by atoms with E-state index < -0.39 is 0 Å². The fourth-order valence-electron chi connectivity index (χ4n) is 2.72. The molecule has 0 aliphatic carbocycles. The highest BCUT2D eigenvalue weighted by atomic mass is 16.5. The van der Waals surface area contributed by atoms with Gasteiger partial charge >= 0.3 is 0 Å². The van der Waals surface area contributed by atoms with Crippen LogP contribution in [0, 0.1) is 0 Å². The summed E-state index contributed by atoms with van der Waals surface area (Å²) in [6, 6.07) is 8.52. The summed E-state index contributed by atoms with van der Waals surface area (Å²) in [6.07, 6.45) is 3.41. The lowest BCUT2D eigenvalue weighted by atomic mass is 10.2. The maximum absolute atomic E-state index is 12.3. The molecule has 1 N–H and O–H groups in total. The molecule has 1 aromatic heterocycles. The highest BCUT2D eigenvalue weighted by Gasteiger charge is 2.22. The smallest absolute Gasteiger partial charge is 0.251 e. The third-order valence-electron chi connectivity index (χ3n) is 4.22. The Morgan fingerprint density at radius 2 is 1.73 bits per heavy atom. The van der Waals surface area contributed by atoms with Crippen molar-refractivity contribution >= 4 is 17.8 Å². The molecule has 0 saturated carbocycles. The Hall–Kier alpha value is -3.16. The van der Waals surface area contributed by atoms with Crippen LogP contribution in [0.15, 0.2) is 42.7 Å². The zero-order chi connectivity index (χ0) is 18.4. The van der Waals surface area contributed by atoms with Crippen LogP contribution in [0.1, 0.15) is 10.4 Å². The highest BCUT2D eigenvalue weighted by molar-refractivity contribution is 5.96. The fraction of sp³-hybridized carbons (Fsp3) is 0.333. The maximum atomic E-state index is 12.3. The van der Waals surface area contributed by atoms with Crippen LogP contribution in [-0.2, 0) is 4.79 Å². The van der Waals surface area contributed by atoms with Crippen LogP contribution in [-0.4, -0.2) is 66.5 Å². The van der Waals surface area contributed by atoms with Gasteiger partial charge in [-0.3, -0.25) is 9.59 Å². The van der Waals surface area contributed by atoms with Crippen LogP contribution in [0.5, 0.6) is 5.75 Å². The van der Waals surface area contributed by atoms with Gasteiger partial charge in [0, 0.05) is 44.1 Å². The molecule has 0 bridgehead atoms. The molecule has 3 rings (SSSR count). The van der Waals surface area contributed by atoms with Gasteiger partial charge in [0.25, 0.3) is 5.91 Å². The standard InChI is InChI=1S/C18H21N5O3/c1-26-15-5-3-14(4-6-15)17(25)21-13-16(24)22-9-11-23(12-10-22)18-19-7-2-8-20-18/h2-8H,9-13H2,1H3,(H,21,25). The van der Waals surface area contributed by atoms with E-state index in [9.17, 15) is 9.59 Å². The molecule has 1 saturated heterocycles. The van der Waals surface area contributed by atoms with Gasteiger partial charge in [0.05, 0.1) is 13.7 Å². The van der Waals surface area contributed by atoms with Crippen LogP contribution in [0.2, 0.25) is 0 Å². The molecule has 0 radical (unpaired) electrons. The third kappa shape index (κ3) is 4.27. The minimum atomic E-state index is -0.280. The molecular weight excluding hydrogens is 334 g/mol. The number of anilines is 1. The zero-order valence-corrected chi connectivity index (χ0v) is 14.6. The number of aromatic nitrogens is 2. The monoisotopic (exact) mass is 355 g/mol. The van der Waals surface area contributed by atoms with Crippen molar-refractivity contribution in [1.82, 2.24) is 20.2 Å². The van der Waals surface area contributed by atoms with Crippen molar-refractivity contribution in [2.24, 2.45) is 0 Å². The van der Waals surface area contributed by atoms with E-state index in [-0.39, 0.29) is 18.4 Å². The summed E-state index contributed by atoms with van der Waals surface area (Å²) in [5.74, 6) is 0.975. The number of hydrogen-bond donors (Lipinski definition) is 1. The molecular formula is C18H21N5O3. The van der Waals surface area contributed by atoms with Crippen LogP contribution < -0.4 is 15.0 Å². The SMILES string of the molecule is COc1ccc(C(=O)NCC(=O)N2CCN(c3ncccn3)CC2)cc1. The maximum Gasteiger partial charge on any atom is 0.251 e. The predicted molar refractivity (Wildman–Crippen MR) is 96.2 cm³/mol. The number of ether oxygens (including phenoxy) is 1. The van der Waals surface area contributed by atoms with Gasteiger partial charge in [-0.25, -0.2) is 9.97 Å². The van der Waals surface area contributed by atoms with Crippen LogP contribution in [0.4, 0.5) is 5.95 Å². The average Bonchev–Trinajstić information content (AvgIpc) is 2.72. The van der Waals surface area contributed by atoms with E-state index in [1.165, 1.54) is 0 Å². The summed E-state index contributed by atoms with van der Waals surface area (Å²) >= 11 is 0. The molecule has 1 aliphatic rings. The first-order valence-electron chi connectivity index (χ1n) is 8.39. The number of nitrogens with zero attached hydrogens (tertiary/aromatic N) is 4. The van der Waals surface area contributed by atoms with E-state index in [2.05, 4.69) is 15.3 Å². The first-order chi connectivity index (χ1) is 12.7. The van der Waals surface area contributed by atoms with Crippen molar-refractivity contribution in [2.75, 3.05) is 44.7 Å². The van der Waals surface area contributed by atoms with Crippen LogP contribution >= 0.6 is 0 Å².